The van der Waals surface area contributed by atoms with E-state index in [0.717, 1.165) is 25.7 Å². The molecule has 0 unspecified atom stereocenters. The Kier molecular flexibility index (Phi) is 3.32. The van der Waals surface area contributed by atoms with Gasteiger partial charge >= 0.3 is 0 Å². The molecule has 0 amide bonds. The van der Waals surface area contributed by atoms with Crippen molar-refractivity contribution in [2.75, 3.05) is 25.1 Å². The molecule has 0 bridgehead atoms. The third-order valence-corrected chi connectivity index (χ3v) is 4.03. The van der Waals surface area contributed by atoms with Gasteiger partial charge in [0, 0.05) is 25.4 Å². The van der Waals surface area contributed by atoms with Crippen molar-refractivity contribution in [3.8, 4) is 0 Å². The number of aryl methyl sites for hydroxylation is 2. The Bertz CT molecular complexity index is 383. The largest absolute Gasteiger partial charge is 0.385 e. The SMILES string of the molecule is c1cc2c(cc1NCC1CCOCC1)CCC2. The Labute approximate surface area is 103 Å². The molecule has 1 heterocycles. The number of fused-ring (bicyclic) bond motifs is 1. The molecule has 1 aromatic rings. The van der Waals surface area contributed by atoms with E-state index in [1.54, 1.807) is 11.1 Å². The second kappa shape index (κ2) is 5.09. The summed E-state index contributed by atoms with van der Waals surface area (Å²) in [6, 6.07) is 6.89. The van der Waals surface area contributed by atoms with Crippen LogP contribution in [0.4, 0.5) is 5.69 Å². The van der Waals surface area contributed by atoms with Crippen LogP contribution < -0.4 is 5.32 Å². The van der Waals surface area contributed by atoms with Crippen LogP contribution in [0, 0.1) is 5.92 Å². The molecule has 1 aliphatic heterocycles. The molecule has 0 radical (unpaired) electrons. The Morgan fingerprint density at radius 1 is 1.12 bits per heavy atom. The number of benzene rings is 1. The zero-order valence-electron chi connectivity index (χ0n) is 10.4. The normalized spacial score (nSPS) is 20.2. The maximum absolute atomic E-state index is 5.38. The topological polar surface area (TPSA) is 21.3 Å². The number of rotatable bonds is 3. The van der Waals surface area contributed by atoms with Gasteiger partial charge in [-0.15, -0.1) is 0 Å². The molecule has 2 heteroatoms. The highest BCUT2D eigenvalue weighted by Gasteiger charge is 2.14. The lowest BCUT2D eigenvalue weighted by atomic mass is 10.0. The van der Waals surface area contributed by atoms with E-state index in [9.17, 15) is 0 Å². The molecule has 92 valence electrons. The minimum absolute atomic E-state index is 0.789. The minimum atomic E-state index is 0.789. The molecule has 1 aromatic carbocycles. The van der Waals surface area contributed by atoms with Crippen molar-refractivity contribution in [1.29, 1.82) is 0 Å². The summed E-state index contributed by atoms with van der Waals surface area (Å²) < 4.78 is 5.38. The summed E-state index contributed by atoms with van der Waals surface area (Å²) in [6.07, 6.45) is 6.28. The number of ether oxygens (including phenoxy) is 1. The predicted molar refractivity (Wildman–Crippen MR) is 70.5 cm³/mol. The summed E-state index contributed by atoms with van der Waals surface area (Å²) in [4.78, 5) is 0. The standard InChI is InChI=1S/C15H21NO/c1-2-13-4-5-15(10-14(13)3-1)16-11-12-6-8-17-9-7-12/h4-5,10,12,16H,1-3,6-9,11H2. The summed E-state index contributed by atoms with van der Waals surface area (Å²) in [7, 11) is 0. The van der Waals surface area contributed by atoms with Crippen LogP contribution in [0.5, 0.6) is 0 Å². The number of anilines is 1. The second-order valence-corrected chi connectivity index (χ2v) is 5.27. The zero-order valence-corrected chi connectivity index (χ0v) is 10.4. The van der Waals surface area contributed by atoms with E-state index in [1.165, 1.54) is 37.8 Å². The smallest absolute Gasteiger partial charge is 0.0469 e. The molecule has 0 saturated carbocycles. The molecule has 1 N–H and O–H groups in total. The van der Waals surface area contributed by atoms with E-state index in [4.69, 9.17) is 4.74 Å². The Hall–Kier alpha value is -1.02. The van der Waals surface area contributed by atoms with Gasteiger partial charge in [-0.3, -0.25) is 0 Å². The van der Waals surface area contributed by atoms with E-state index in [-0.39, 0.29) is 0 Å². The van der Waals surface area contributed by atoms with Crippen molar-refractivity contribution in [2.24, 2.45) is 5.92 Å². The highest BCUT2D eigenvalue weighted by Crippen LogP contribution is 2.25. The van der Waals surface area contributed by atoms with E-state index >= 15 is 0 Å². The van der Waals surface area contributed by atoms with Crippen LogP contribution in [0.2, 0.25) is 0 Å². The van der Waals surface area contributed by atoms with Crippen molar-refractivity contribution < 1.29 is 4.74 Å². The Morgan fingerprint density at radius 3 is 2.82 bits per heavy atom. The van der Waals surface area contributed by atoms with Gasteiger partial charge < -0.3 is 10.1 Å². The van der Waals surface area contributed by atoms with Crippen molar-refractivity contribution in [3.63, 3.8) is 0 Å². The molecule has 2 nitrogen and oxygen atoms in total. The lowest BCUT2D eigenvalue weighted by Gasteiger charge is -2.22. The molecule has 17 heavy (non-hydrogen) atoms. The first-order valence-electron chi connectivity index (χ1n) is 6.85. The van der Waals surface area contributed by atoms with Crippen LogP contribution >= 0.6 is 0 Å². The third kappa shape index (κ3) is 2.63. The molecular formula is C15H21NO. The molecule has 0 aromatic heterocycles. The first-order chi connectivity index (χ1) is 8.42. The monoisotopic (exact) mass is 231 g/mol. The number of nitrogens with one attached hydrogen (secondary N) is 1. The van der Waals surface area contributed by atoms with Crippen molar-refractivity contribution in [1.82, 2.24) is 0 Å². The van der Waals surface area contributed by atoms with Crippen molar-refractivity contribution in [3.05, 3.63) is 29.3 Å². The van der Waals surface area contributed by atoms with E-state index in [0.29, 0.717) is 0 Å². The van der Waals surface area contributed by atoms with Gasteiger partial charge in [-0.2, -0.15) is 0 Å². The molecule has 1 aliphatic carbocycles. The van der Waals surface area contributed by atoms with E-state index < -0.39 is 0 Å². The summed E-state index contributed by atoms with van der Waals surface area (Å²) in [5.41, 5.74) is 4.42. The highest BCUT2D eigenvalue weighted by molar-refractivity contribution is 5.50. The maximum Gasteiger partial charge on any atom is 0.0469 e. The fourth-order valence-corrected chi connectivity index (χ4v) is 2.89. The maximum atomic E-state index is 5.38. The fraction of sp³-hybridized carbons (Fsp3) is 0.600. The van der Waals surface area contributed by atoms with Crippen LogP contribution in [0.3, 0.4) is 0 Å². The predicted octanol–water partition coefficient (Wildman–Crippen LogP) is 3.01. The van der Waals surface area contributed by atoms with Gasteiger partial charge in [0.05, 0.1) is 0 Å². The highest BCUT2D eigenvalue weighted by atomic mass is 16.5. The quantitative estimate of drug-likeness (QED) is 0.863. The zero-order chi connectivity index (χ0) is 11.5. The van der Waals surface area contributed by atoms with Crippen LogP contribution in [0.25, 0.3) is 0 Å². The van der Waals surface area contributed by atoms with Gasteiger partial charge in [0.2, 0.25) is 0 Å². The van der Waals surface area contributed by atoms with Crippen LogP contribution in [-0.4, -0.2) is 19.8 Å². The molecule has 1 saturated heterocycles. The fourth-order valence-electron chi connectivity index (χ4n) is 2.89. The molecule has 3 rings (SSSR count). The van der Waals surface area contributed by atoms with E-state index in [1.807, 2.05) is 0 Å². The minimum Gasteiger partial charge on any atom is -0.385 e. The average molecular weight is 231 g/mol. The molecular weight excluding hydrogens is 210 g/mol. The van der Waals surface area contributed by atoms with Crippen LogP contribution in [-0.2, 0) is 17.6 Å². The van der Waals surface area contributed by atoms with Gasteiger partial charge in [-0.1, -0.05) is 6.07 Å². The van der Waals surface area contributed by atoms with Gasteiger partial charge in [0.1, 0.15) is 0 Å². The first-order valence-corrected chi connectivity index (χ1v) is 6.85. The molecule has 2 aliphatic rings. The lowest BCUT2D eigenvalue weighted by molar-refractivity contribution is 0.0699. The van der Waals surface area contributed by atoms with Crippen LogP contribution in [0.15, 0.2) is 18.2 Å². The third-order valence-electron chi connectivity index (χ3n) is 4.03. The first kappa shape index (κ1) is 11.1. The van der Waals surface area contributed by atoms with Crippen molar-refractivity contribution in [2.45, 2.75) is 32.1 Å². The molecule has 1 fully saturated rings. The van der Waals surface area contributed by atoms with Gasteiger partial charge in [0.15, 0.2) is 0 Å². The average Bonchev–Trinajstić information content (AvgIpc) is 2.85. The summed E-state index contributed by atoms with van der Waals surface area (Å²) in [5.74, 6) is 0.789. The lowest BCUT2D eigenvalue weighted by Crippen LogP contribution is -2.22. The number of hydrogen-bond donors (Lipinski definition) is 1. The van der Waals surface area contributed by atoms with E-state index in [2.05, 4.69) is 23.5 Å². The number of hydrogen-bond acceptors (Lipinski definition) is 2. The van der Waals surface area contributed by atoms with Crippen molar-refractivity contribution >= 4 is 5.69 Å². The van der Waals surface area contributed by atoms with Crippen LogP contribution in [0.1, 0.15) is 30.4 Å². The van der Waals surface area contributed by atoms with Gasteiger partial charge in [0.25, 0.3) is 0 Å². The second-order valence-electron chi connectivity index (χ2n) is 5.27. The molecule has 0 spiro atoms. The summed E-state index contributed by atoms with van der Waals surface area (Å²) in [5, 5.41) is 3.59. The Morgan fingerprint density at radius 2 is 1.94 bits per heavy atom. The summed E-state index contributed by atoms with van der Waals surface area (Å²) in [6.45, 7) is 2.98. The molecule has 0 atom stereocenters. The van der Waals surface area contributed by atoms with Gasteiger partial charge in [-0.25, -0.2) is 0 Å². The van der Waals surface area contributed by atoms with Gasteiger partial charge in [-0.05, 0) is 61.3 Å². The summed E-state index contributed by atoms with van der Waals surface area (Å²) >= 11 is 0. The Balaban J connectivity index is 1.57.